The maximum atomic E-state index is 12.2. The molecule has 1 unspecified atom stereocenters. The molecule has 0 rings (SSSR count). The Balaban J connectivity index is 4.66. The Morgan fingerprint density at radius 2 is 1.82 bits per heavy atom. The van der Waals surface area contributed by atoms with E-state index < -0.39 is 11.3 Å². The first-order valence-corrected chi connectivity index (χ1v) is 6.35. The molecule has 0 amide bonds. The molecule has 0 aliphatic rings. The predicted molar refractivity (Wildman–Crippen MR) is 67.8 cm³/mol. The summed E-state index contributed by atoms with van der Waals surface area (Å²) in [7, 11) is 0. The number of rotatable bonds is 8. The van der Waals surface area contributed by atoms with E-state index in [4.69, 9.17) is 0 Å². The lowest BCUT2D eigenvalue weighted by Crippen LogP contribution is -2.33. The van der Waals surface area contributed by atoms with E-state index in [2.05, 4.69) is 0 Å². The first-order chi connectivity index (χ1) is 7.84. The molecule has 0 radical (unpaired) electrons. The number of aldehydes is 1. The lowest BCUT2D eigenvalue weighted by atomic mass is 9.78. The van der Waals surface area contributed by atoms with Crippen LogP contribution >= 0.6 is 0 Å². The molecular weight excluding hydrogens is 216 g/mol. The minimum atomic E-state index is -0.519. The molecular formula is C14H24O3. The topological polar surface area (TPSA) is 51.2 Å². The Bertz CT molecular complexity index is 274. The van der Waals surface area contributed by atoms with Gasteiger partial charge >= 0.3 is 0 Å². The van der Waals surface area contributed by atoms with Crippen LogP contribution in [0.5, 0.6) is 0 Å². The molecule has 0 aromatic heterocycles. The number of carbonyl (C=O) groups excluding carboxylic acids is 3. The fourth-order valence-electron chi connectivity index (χ4n) is 1.79. The monoisotopic (exact) mass is 240 g/mol. The third-order valence-electron chi connectivity index (χ3n) is 2.76. The second-order valence-corrected chi connectivity index (χ2v) is 5.48. The quantitative estimate of drug-likeness (QED) is 0.372. The third-order valence-corrected chi connectivity index (χ3v) is 2.76. The Hall–Kier alpha value is -0.990. The fourth-order valence-corrected chi connectivity index (χ4v) is 1.79. The van der Waals surface area contributed by atoms with Crippen LogP contribution in [0.1, 0.15) is 59.8 Å². The molecule has 0 aromatic carbocycles. The Labute approximate surface area is 104 Å². The summed E-state index contributed by atoms with van der Waals surface area (Å²) in [5.41, 5.74) is -0.491. The van der Waals surface area contributed by atoms with E-state index in [1.54, 1.807) is 0 Å². The predicted octanol–water partition coefficient (Wildman–Crippen LogP) is 2.96. The van der Waals surface area contributed by atoms with E-state index >= 15 is 0 Å². The minimum Gasteiger partial charge on any atom is -0.303 e. The van der Waals surface area contributed by atoms with Crippen LogP contribution in [0.15, 0.2) is 0 Å². The lowest BCUT2D eigenvalue weighted by Gasteiger charge is -2.23. The summed E-state index contributed by atoms with van der Waals surface area (Å²) in [4.78, 5) is 34.4. The van der Waals surface area contributed by atoms with Crippen LogP contribution in [0.3, 0.4) is 0 Å². The number of Topliss-reactive ketones (excluding diaryl/α,β-unsaturated/α-hetero) is 2. The van der Waals surface area contributed by atoms with Crippen molar-refractivity contribution in [2.75, 3.05) is 0 Å². The van der Waals surface area contributed by atoms with Crippen LogP contribution < -0.4 is 0 Å². The maximum Gasteiger partial charge on any atom is 0.148 e. The standard InChI is InChI=1S/C14H24O3/c1-5-8-12(16)11(9-6-7-10-15)13(17)14(2,3)4/h10-11H,5-9H2,1-4H3. The normalized spacial score (nSPS) is 13.2. The zero-order valence-electron chi connectivity index (χ0n) is 11.4. The van der Waals surface area contributed by atoms with Crippen LogP contribution in [-0.2, 0) is 14.4 Å². The molecule has 0 aromatic rings. The lowest BCUT2D eigenvalue weighted by molar-refractivity contribution is -0.138. The van der Waals surface area contributed by atoms with Gasteiger partial charge < -0.3 is 4.79 Å². The van der Waals surface area contributed by atoms with Gasteiger partial charge in [-0.05, 0) is 19.3 Å². The van der Waals surface area contributed by atoms with Gasteiger partial charge in [-0.15, -0.1) is 0 Å². The largest absolute Gasteiger partial charge is 0.303 e. The average Bonchev–Trinajstić information content (AvgIpc) is 2.22. The van der Waals surface area contributed by atoms with Crippen molar-refractivity contribution in [2.45, 2.75) is 59.8 Å². The van der Waals surface area contributed by atoms with Crippen molar-refractivity contribution in [3.8, 4) is 0 Å². The highest BCUT2D eigenvalue weighted by molar-refractivity contribution is 6.04. The molecule has 0 fully saturated rings. The molecule has 0 saturated heterocycles. The Morgan fingerprint density at radius 3 is 2.24 bits per heavy atom. The van der Waals surface area contributed by atoms with Crippen molar-refractivity contribution in [1.29, 1.82) is 0 Å². The van der Waals surface area contributed by atoms with E-state index in [0.29, 0.717) is 25.7 Å². The number of carbonyl (C=O) groups is 3. The highest BCUT2D eigenvalue weighted by atomic mass is 16.2. The van der Waals surface area contributed by atoms with Crippen molar-refractivity contribution in [3.05, 3.63) is 0 Å². The van der Waals surface area contributed by atoms with Crippen molar-refractivity contribution >= 4 is 17.9 Å². The zero-order valence-corrected chi connectivity index (χ0v) is 11.4. The van der Waals surface area contributed by atoms with Crippen molar-refractivity contribution in [3.63, 3.8) is 0 Å². The van der Waals surface area contributed by atoms with E-state index in [1.807, 2.05) is 27.7 Å². The second kappa shape index (κ2) is 7.36. The molecule has 17 heavy (non-hydrogen) atoms. The molecule has 0 spiro atoms. The van der Waals surface area contributed by atoms with Gasteiger partial charge in [-0.2, -0.15) is 0 Å². The third kappa shape index (κ3) is 5.76. The van der Waals surface area contributed by atoms with Gasteiger partial charge in [0.05, 0.1) is 5.92 Å². The van der Waals surface area contributed by atoms with Crippen LogP contribution in [-0.4, -0.2) is 17.9 Å². The second-order valence-electron chi connectivity index (χ2n) is 5.48. The molecule has 0 aliphatic heterocycles. The van der Waals surface area contributed by atoms with Crippen LogP contribution in [0, 0.1) is 11.3 Å². The van der Waals surface area contributed by atoms with Crippen molar-refractivity contribution < 1.29 is 14.4 Å². The molecule has 1 atom stereocenters. The Morgan fingerprint density at radius 1 is 1.24 bits per heavy atom. The smallest absolute Gasteiger partial charge is 0.148 e. The summed E-state index contributed by atoms with van der Waals surface area (Å²) < 4.78 is 0. The van der Waals surface area contributed by atoms with Gasteiger partial charge in [0.2, 0.25) is 0 Å². The van der Waals surface area contributed by atoms with Gasteiger partial charge in [0, 0.05) is 18.3 Å². The van der Waals surface area contributed by atoms with Gasteiger partial charge in [-0.25, -0.2) is 0 Å². The van der Waals surface area contributed by atoms with Crippen molar-refractivity contribution in [1.82, 2.24) is 0 Å². The number of ketones is 2. The minimum absolute atomic E-state index is 0.00171. The van der Waals surface area contributed by atoms with Gasteiger partial charge in [-0.3, -0.25) is 9.59 Å². The molecule has 3 heteroatoms. The highest BCUT2D eigenvalue weighted by Crippen LogP contribution is 2.25. The maximum absolute atomic E-state index is 12.2. The summed E-state index contributed by atoms with van der Waals surface area (Å²) in [5, 5.41) is 0. The molecule has 0 N–H and O–H groups in total. The van der Waals surface area contributed by atoms with Gasteiger partial charge in [0.1, 0.15) is 17.9 Å². The summed E-state index contributed by atoms with van der Waals surface area (Å²) in [5.74, 6) is -0.491. The Kier molecular flexibility index (Phi) is 6.93. The van der Waals surface area contributed by atoms with Crippen LogP contribution in [0.25, 0.3) is 0 Å². The molecule has 0 saturated carbocycles. The summed E-state index contributed by atoms with van der Waals surface area (Å²) in [6.07, 6.45) is 3.60. The van der Waals surface area contributed by atoms with E-state index in [-0.39, 0.29) is 11.6 Å². The van der Waals surface area contributed by atoms with Gasteiger partial charge in [-0.1, -0.05) is 27.7 Å². The first kappa shape index (κ1) is 16.0. The number of unbranched alkanes of at least 4 members (excludes halogenated alkanes) is 1. The van der Waals surface area contributed by atoms with Gasteiger partial charge in [0.15, 0.2) is 0 Å². The molecule has 0 aliphatic carbocycles. The number of hydrogen-bond acceptors (Lipinski definition) is 3. The highest BCUT2D eigenvalue weighted by Gasteiger charge is 2.33. The molecule has 98 valence electrons. The van der Waals surface area contributed by atoms with Crippen LogP contribution in [0.4, 0.5) is 0 Å². The van der Waals surface area contributed by atoms with E-state index in [0.717, 1.165) is 12.7 Å². The van der Waals surface area contributed by atoms with Gasteiger partial charge in [0.25, 0.3) is 0 Å². The van der Waals surface area contributed by atoms with E-state index in [1.165, 1.54) is 0 Å². The van der Waals surface area contributed by atoms with Crippen LogP contribution in [0.2, 0.25) is 0 Å². The van der Waals surface area contributed by atoms with Crippen molar-refractivity contribution in [2.24, 2.45) is 11.3 Å². The average molecular weight is 240 g/mol. The summed E-state index contributed by atoms with van der Waals surface area (Å²) >= 11 is 0. The number of hydrogen-bond donors (Lipinski definition) is 0. The molecule has 0 heterocycles. The molecule has 3 nitrogen and oxygen atoms in total. The summed E-state index contributed by atoms with van der Waals surface area (Å²) in [6.45, 7) is 7.44. The van der Waals surface area contributed by atoms with E-state index in [9.17, 15) is 14.4 Å². The molecule has 0 bridgehead atoms. The first-order valence-electron chi connectivity index (χ1n) is 6.35. The summed E-state index contributed by atoms with van der Waals surface area (Å²) in [6, 6.07) is 0. The SMILES string of the molecule is CCCC(=O)C(CCCC=O)C(=O)C(C)(C)C. The zero-order chi connectivity index (χ0) is 13.5. The fraction of sp³-hybridized carbons (Fsp3) is 0.786.